The average molecular weight is 304 g/mol. The second kappa shape index (κ2) is 7.73. The third kappa shape index (κ3) is 4.53. The fourth-order valence-electron chi connectivity index (χ4n) is 1.86. The molecule has 6 heteroatoms. The number of fused-ring (bicyclic) bond motifs is 1. The summed E-state index contributed by atoms with van der Waals surface area (Å²) in [6, 6.07) is 7.89. The maximum absolute atomic E-state index is 11.7. The number of anilines is 1. The highest BCUT2D eigenvalue weighted by Gasteiger charge is 2.05. The van der Waals surface area contributed by atoms with E-state index >= 15 is 0 Å². The second-order valence-corrected chi connectivity index (χ2v) is 5.76. The zero-order valence-corrected chi connectivity index (χ0v) is 13.1. The van der Waals surface area contributed by atoms with E-state index in [9.17, 15) is 4.79 Å². The smallest absolute Gasteiger partial charge is 0.259 e. The molecule has 0 bridgehead atoms. The molecule has 5 nitrogen and oxygen atoms in total. The lowest BCUT2D eigenvalue weighted by atomic mass is 10.1. The molecular weight excluding hydrogens is 284 g/mol. The van der Waals surface area contributed by atoms with Gasteiger partial charge in [-0.15, -0.1) is 0 Å². The maximum Gasteiger partial charge on any atom is 0.259 e. The molecule has 1 aromatic carbocycles. The number of benzene rings is 1. The zero-order valence-electron chi connectivity index (χ0n) is 12.3. The third-order valence-corrected chi connectivity index (χ3v) is 4.21. The van der Waals surface area contributed by atoms with Crippen LogP contribution in [0.25, 0.3) is 10.2 Å². The molecule has 0 aliphatic carbocycles. The van der Waals surface area contributed by atoms with Crippen LogP contribution < -0.4 is 10.7 Å². The van der Waals surface area contributed by atoms with Crippen LogP contribution in [0.1, 0.15) is 26.7 Å². The van der Waals surface area contributed by atoms with E-state index in [-0.39, 0.29) is 12.5 Å². The Morgan fingerprint density at radius 2 is 2.14 bits per heavy atom. The highest BCUT2D eigenvalue weighted by Crippen LogP contribution is 2.24. The summed E-state index contributed by atoms with van der Waals surface area (Å²) in [6.45, 7) is 4.38. The minimum absolute atomic E-state index is 0.167. The summed E-state index contributed by atoms with van der Waals surface area (Å²) in [5, 5.41) is 7.75. The lowest BCUT2D eigenvalue weighted by Crippen LogP contribution is -2.26. The van der Waals surface area contributed by atoms with Crippen molar-refractivity contribution >= 4 is 38.8 Å². The fraction of sp³-hybridized carbons (Fsp3) is 0.400. The monoisotopic (exact) mass is 304 g/mol. The molecule has 112 valence electrons. The number of rotatable bonds is 7. The molecule has 0 radical (unpaired) electrons. The van der Waals surface area contributed by atoms with Crippen molar-refractivity contribution in [3.63, 3.8) is 0 Å². The zero-order chi connectivity index (χ0) is 15.1. The molecule has 2 aromatic rings. The molecule has 0 saturated heterocycles. The van der Waals surface area contributed by atoms with Crippen LogP contribution in [0, 0.1) is 5.92 Å². The Bertz CT molecular complexity index is 586. The Hall–Kier alpha value is -1.95. The minimum Gasteiger partial charge on any atom is -0.352 e. The van der Waals surface area contributed by atoms with Gasteiger partial charge in [0.2, 0.25) is 0 Å². The van der Waals surface area contributed by atoms with Gasteiger partial charge < -0.3 is 5.32 Å². The Balaban J connectivity index is 1.81. The molecule has 0 saturated carbocycles. The maximum atomic E-state index is 11.7. The number of carbonyl (C=O) groups is 1. The van der Waals surface area contributed by atoms with Gasteiger partial charge >= 0.3 is 0 Å². The molecule has 0 spiro atoms. The molecule has 0 aliphatic heterocycles. The molecule has 0 aliphatic rings. The van der Waals surface area contributed by atoms with Crippen molar-refractivity contribution in [1.82, 2.24) is 10.4 Å². The van der Waals surface area contributed by atoms with Gasteiger partial charge in [0.05, 0.1) is 16.8 Å². The number of hydrogen-bond acceptors (Lipinski definition) is 5. The first kappa shape index (κ1) is 15.4. The van der Waals surface area contributed by atoms with Gasteiger partial charge in [0, 0.05) is 6.21 Å². The van der Waals surface area contributed by atoms with E-state index in [1.165, 1.54) is 11.3 Å². The van der Waals surface area contributed by atoms with Crippen molar-refractivity contribution in [3.8, 4) is 0 Å². The predicted molar refractivity (Wildman–Crippen MR) is 88.8 cm³/mol. The van der Waals surface area contributed by atoms with Gasteiger partial charge in [0.1, 0.15) is 0 Å². The highest BCUT2D eigenvalue weighted by molar-refractivity contribution is 7.22. The van der Waals surface area contributed by atoms with Crippen LogP contribution in [-0.4, -0.2) is 23.7 Å². The molecule has 0 fully saturated rings. The standard InChI is InChI=1S/C15H20N4OS/c1-3-11(4-2)9-17-19-14(20)10-16-15-18-12-7-5-6-8-13(12)21-15/h5-9,11H,3-4,10H2,1-2H3,(H,16,18)(H,19,20)/b17-9-. The quantitative estimate of drug-likeness (QED) is 0.609. The van der Waals surface area contributed by atoms with E-state index in [0.717, 1.165) is 28.2 Å². The molecule has 21 heavy (non-hydrogen) atoms. The van der Waals surface area contributed by atoms with Gasteiger partial charge in [0.15, 0.2) is 5.13 Å². The van der Waals surface area contributed by atoms with E-state index in [4.69, 9.17) is 0 Å². The number of nitrogens with zero attached hydrogens (tertiary/aromatic N) is 2. The van der Waals surface area contributed by atoms with Crippen LogP contribution in [0.3, 0.4) is 0 Å². The average Bonchev–Trinajstić information content (AvgIpc) is 2.92. The Morgan fingerprint density at radius 3 is 2.86 bits per heavy atom. The summed E-state index contributed by atoms with van der Waals surface area (Å²) >= 11 is 1.53. The van der Waals surface area contributed by atoms with Gasteiger partial charge in [0.25, 0.3) is 5.91 Å². The van der Waals surface area contributed by atoms with E-state index in [1.54, 1.807) is 6.21 Å². The first-order chi connectivity index (χ1) is 10.2. The number of hydrazone groups is 1. The topological polar surface area (TPSA) is 66.4 Å². The highest BCUT2D eigenvalue weighted by atomic mass is 32.1. The first-order valence-electron chi connectivity index (χ1n) is 7.14. The summed E-state index contributed by atoms with van der Waals surface area (Å²) in [5.74, 6) is 0.249. The molecule has 1 amide bonds. The van der Waals surface area contributed by atoms with Crippen LogP contribution in [0.2, 0.25) is 0 Å². The van der Waals surface area contributed by atoms with Crippen LogP contribution in [0.4, 0.5) is 5.13 Å². The normalized spacial score (nSPS) is 11.4. The Kier molecular flexibility index (Phi) is 5.68. The summed E-state index contributed by atoms with van der Waals surface area (Å²) in [7, 11) is 0. The molecular formula is C15H20N4OS. The molecule has 0 atom stereocenters. The van der Waals surface area contributed by atoms with Crippen molar-refractivity contribution in [2.45, 2.75) is 26.7 Å². The van der Waals surface area contributed by atoms with Crippen molar-refractivity contribution in [1.29, 1.82) is 0 Å². The third-order valence-electron chi connectivity index (χ3n) is 3.22. The van der Waals surface area contributed by atoms with Gasteiger partial charge in [-0.25, -0.2) is 10.4 Å². The van der Waals surface area contributed by atoms with Crippen LogP contribution in [0.5, 0.6) is 0 Å². The first-order valence-corrected chi connectivity index (χ1v) is 7.96. The van der Waals surface area contributed by atoms with Crippen molar-refractivity contribution in [2.75, 3.05) is 11.9 Å². The molecule has 2 N–H and O–H groups in total. The van der Waals surface area contributed by atoms with E-state index in [0.29, 0.717) is 5.92 Å². The molecule has 1 heterocycles. The number of thiazole rings is 1. The predicted octanol–water partition coefficient (Wildman–Crippen LogP) is 3.25. The molecule has 1 aromatic heterocycles. The van der Waals surface area contributed by atoms with Gasteiger partial charge in [-0.05, 0) is 30.9 Å². The SMILES string of the molecule is CCC(/C=N\NC(=O)CNc1nc2ccccc2s1)CC. The summed E-state index contributed by atoms with van der Waals surface area (Å²) < 4.78 is 1.10. The van der Waals surface area contributed by atoms with Crippen LogP contribution >= 0.6 is 11.3 Å². The molecule has 0 unspecified atom stereocenters. The van der Waals surface area contributed by atoms with E-state index < -0.39 is 0 Å². The van der Waals surface area contributed by atoms with Crippen molar-refractivity contribution in [2.24, 2.45) is 11.0 Å². The largest absolute Gasteiger partial charge is 0.352 e. The number of carbonyl (C=O) groups excluding carboxylic acids is 1. The van der Waals surface area contributed by atoms with Crippen LogP contribution in [-0.2, 0) is 4.79 Å². The number of amides is 1. The van der Waals surface area contributed by atoms with E-state index in [2.05, 4.69) is 34.7 Å². The lowest BCUT2D eigenvalue weighted by molar-refractivity contribution is -0.119. The van der Waals surface area contributed by atoms with Gasteiger partial charge in [-0.2, -0.15) is 5.10 Å². The number of aromatic nitrogens is 1. The molecule has 2 rings (SSSR count). The lowest BCUT2D eigenvalue weighted by Gasteiger charge is -2.04. The minimum atomic E-state index is -0.170. The van der Waals surface area contributed by atoms with Gasteiger partial charge in [-0.3, -0.25) is 4.79 Å². The summed E-state index contributed by atoms with van der Waals surface area (Å²) in [6.07, 6.45) is 3.86. The number of hydrogen-bond donors (Lipinski definition) is 2. The fourth-order valence-corrected chi connectivity index (χ4v) is 2.72. The van der Waals surface area contributed by atoms with Crippen molar-refractivity contribution < 1.29 is 4.79 Å². The summed E-state index contributed by atoms with van der Waals surface area (Å²) in [4.78, 5) is 16.1. The number of para-hydroxylation sites is 1. The second-order valence-electron chi connectivity index (χ2n) is 4.73. The Morgan fingerprint density at radius 1 is 1.38 bits per heavy atom. The number of nitrogens with one attached hydrogen (secondary N) is 2. The Labute approximate surface area is 128 Å². The van der Waals surface area contributed by atoms with Gasteiger partial charge in [-0.1, -0.05) is 37.3 Å². The summed E-state index contributed by atoms with van der Waals surface area (Å²) in [5.41, 5.74) is 3.47. The van der Waals surface area contributed by atoms with Crippen LogP contribution in [0.15, 0.2) is 29.4 Å². The van der Waals surface area contributed by atoms with E-state index in [1.807, 2.05) is 24.3 Å². The van der Waals surface area contributed by atoms with Crippen molar-refractivity contribution in [3.05, 3.63) is 24.3 Å².